The monoisotopic (exact) mass is 149 g/mol. The van der Waals surface area contributed by atoms with E-state index in [1.54, 1.807) is 0 Å². The molecule has 0 saturated carbocycles. The van der Waals surface area contributed by atoms with Gasteiger partial charge in [-0.1, -0.05) is 24.3 Å². The van der Waals surface area contributed by atoms with Crippen molar-refractivity contribution in [2.24, 2.45) is 0 Å². The Kier molecular flexibility index (Phi) is 4.84. The third-order valence-corrected chi connectivity index (χ3v) is 1.94. The van der Waals surface area contributed by atoms with Gasteiger partial charge < -0.3 is 0 Å². The lowest BCUT2D eigenvalue weighted by Gasteiger charge is -1.96. The van der Waals surface area contributed by atoms with E-state index in [9.17, 15) is 0 Å². The summed E-state index contributed by atoms with van der Waals surface area (Å²) in [6.45, 7) is 0. The highest BCUT2D eigenvalue weighted by Crippen LogP contribution is 2.08. The topological polar surface area (TPSA) is 0 Å². The van der Waals surface area contributed by atoms with Gasteiger partial charge in [0.25, 0.3) is 0 Å². The summed E-state index contributed by atoms with van der Waals surface area (Å²) in [5.74, 6) is 0. The molecule has 0 saturated heterocycles. The van der Waals surface area contributed by atoms with Crippen LogP contribution in [0.1, 0.15) is 38.5 Å². The van der Waals surface area contributed by atoms with Crippen LogP contribution in [0.4, 0.5) is 0 Å². The number of allylic oxidation sites excluding steroid dienone is 4. The Morgan fingerprint density at radius 1 is 0.636 bits per heavy atom. The van der Waals surface area contributed by atoms with Crippen LogP contribution in [0.2, 0.25) is 0 Å². The highest BCUT2D eigenvalue weighted by molar-refractivity contribution is 5.02. The Hall–Kier alpha value is -0.520. The van der Waals surface area contributed by atoms with Crippen LogP contribution >= 0.6 is 0 Å². The smallest absolute Gasteiger partial charge is 0.0348 e. The van der Waals surface area contributed by atoms with E-state index in [0.29, 0.717) is 0 Å². The maximum Gasteiger partial charge on any atom is -0.0348 e. The number of hydrogen-bond donors (Lipinski definition) is 0. The van der Waals surface area contributed by atoms with E-state index >= 15 is 0 Å². The normalized spacial score (nSPS) is 21.1. The standard InChI is InChI=1S/C11H17/c1-2-4-6-8-10-11-9-7-5-3-1/h1-4,11H,5-10H2. The fourth-order valence-electron chi connectivity index (χ4n) is 1.25. The van der Waals surface area contributed by atoms with Crippen molar-refractivity contribution in [2.75, 3.05) is 0 Å². The molecule has 0 aliphatic heterocycles. The molecule has 0 aromatic rings. The molecular weight excluding hydrogens is 132 g/mol. The molecule has 0 aromatic carbocycles. The van der Waals surface area contributed by atoms with Crippen molar-refractivity contribution in [2.45, 2.75) is 38.5 Å². The maximum atomic E-state index is 2.42. The van der Waals surface area contributed by atoms with Crippen molar-refractivity contribution < 1.29 is 0 Å². The first-order chi connectivity index (χ1) is 5.50. The molecule has 1 aliphatic rings. The second-order valence-corrected chi connectivity index (χ2v) is 3.01. The third kappa shape index (κ3) is 4.83. The van der Waals surface area contributed by atoms with Gasteiger partial charge in [0.2, 0.25) is 0 Å². The zero-order valence-electron chi connectivity index (χ0n) is 7.13. The molecule has 0 bridgehead atoms. The minimum absolute atomic E-state index is 1.24. The van der Waals surface area contributed by atoms with Crippen LogP contribution in [0.25, 0.3) is 0 Å². The molecule has 0 amide bonds. The van der Waals surface area contributed by atoms with E-state index in [4.69, 9.17) is 0 Å². The summed E-state index contributed by atoms with van der Waals surface area (Å²) in [6, 6.07) is 0. The fraction of sp³-hybridized carbons (Fsp3) is 0.545. The molecule has 0 heteroatoms. The third-order valence-electron chi connectivity index (χ3n) is 1.94. The minimum atomic E-state index is 1.24. The first-order valence-electron chi connectivity index (χ1n) is 4.63. The Morgan fingerprint density at radius 3 is 1.73 bits per heavy atom. The van der Waals surface area contributed by atoms with Gasteiger partial charge in [0, 0.05) is 0 Å². The summed E-state index contributed by atoms with van der Waals surface area (Å²) in [6.07, 6.45) is 19.0. The summed E-state index contributed by atoms with van der Waals surface area (Å²) in [4.78, 5) is 0. The van der Waals surface area contributed by atoms with Crippen molar-refractivity contribution in [3.05, 3.63) is 30.7 Å². The van der Waals surface area contributed by atoms with Gasteiger partial charge in [0.15, 0.2) is 0 Å². The molecule has 0 nitrogen and oxygen atoms in total. The molecule has 11 heavy (non-hydrogen) atoms. The maximum absolute atomic E-state index is 2.42. The van der Waals surface area contributed by atoms with E-state index in [0.717, 1.165) is 0 Å². The number of rotatable bonds is 0. The average molecular weight is 149 g/mol. The molecule has 0 heterocycles. The van der Waals surface area contributed by atoms with E-state index in [2.05, 4.69) is 30.7 Å². The molecule has 0 fully saturated rings. The van der Waals surface area contributed by atoms with Gasteiger partial charge in [-0.05, 0) is 44.9 Å². The van der Waals surface area contributed by atoms with Crippen molar-refractivity contribution in [1.82, 2.24) is 0 Å². The molecule has 61 valence electrons. The zero-order valence-corrected chi connectivity index (χ0v) is 7.13. The van der Waals surface area contributed by atoms with Crippen LogP contribution in [0, 0.1) is 6.42 Å². The Bertz CT molecular complexity index is 115. The van der Waals surface area contributed by atoms with Crippen molar-refractivity contribution in [3.8, 4) is 0 Å². The molecule has 0 spiro atoms. The predicted octanol–water partition coefficient (Wildman–Crippen LogP) is 3.66. The summed E-state index contributed by atoms with van der Waals surface area (Å²) in [7, 11) is 0. The molecular formula is C11H17. The molecule has 1 aliphatic carbocycles. The highest BCUT2D eigenvalue weighted by atomic mass is 14.0. The molecule has 1 radical (unpaired) electrons. The molecule has 0 N–H and O–H groups in total. The molecule has 0 aromatic heterocycles. The van der Waals surface area contributed by atoms with Gasteiger partial charge in [-0.3, -0.25) is 0 Å². The molecule has 0 atom stereocenters. The summed E-state index contributed by atoms with van der Waals surface area (Å²) in [5, 5.41) is 0. The van der Waals surface area contributed by atoms with Crippen molar-refractivity contribution >= 4 is 0 Å². The number of hydrogen-bond acceptors (Lipinski definition) is 0. The highest BCUT2D eigenvalue weighted by Gasteiger charge is 1.89. The quantitative estimate of drug-likeness (QED) is 0.493. The lowest BCUT2D eigenvalue weighted by Crippen LogP contribution is -1.78. The Labute approximate surface area is 70.0 Å². The summed E-state index contributed by atoms with van der Waals surface area (Å²) < 4.78 is 0. The van der Waals surface area contributed by atoms with Gasteiger partial charge in [-0.15, -0.1) is 0 Å². The van der Waals surface area contributed by atoms with E-state index in [1.807, 2.05) is 0 Å². The van der Waals surface area contributed by atoms with Gasteiger partial charge in [0.1, 0.15) is 0 Å². The first-order valence-corrected chi connectivity index (χ1v) is 4.63. The SMILES string of the molecule is [CH]1CCCC=CC=CCCC1. The van der Waals surface area contributed by atoms with Crippen LogP contribution in [0.5, 0.6) is 0 Å². The van der Waals surface area contributed by atoms with E-state index < -0.39 is 0 Å². The molecule has 1 rings (SSSR count). The lowest BCUT2D eigenvalue weighted by molar-refractivity contribution is 0.742. The van der Waals surface area contributed by atoms with Crippen LogP contribution < -0.4 is 0 Å². The second-order valence-electron chi connectivity index (χ2n) is 3.01. The van der Waals surface area contributed by atoms with Gasteiger partial charge in [0.05, 0.1) is 0 Å². The second kappa shape index (κ2) is 6.21. The van der Waals surface area contributed by atoms with Crippen LogP contribution in [-0.2, 0) is 0 Å². The van der Waals surface area contributed by atoms with Crippen molar-refractivity contribution in [3.63, 3.8) is 0 Å². The average Bonchev–Trinajstić information content (AvgIpc) is 2.08. The van der Waals surface area contributed by atoms with E-state index in [-0.39, 0.29) is 0 Å². The first kappa shape index (κ1) is 8.58. The van der Waals surface area contributed by atoms with Crippen LogP contribution in [0.3, 0.4) is 0 Å². The van der Waals surface area contributed by atoms with Gasteiger partial charge in [-0.2, -0.15) is 0 Å². The Balaban J connectivity index is 2.22. The van der Waals surface area contributed by atoms with E-state index in [1.165, 1.54) is 38.5 Å². The molecule has 0 unspecified atom stereocenters. The van der Waals surface area contributed by atoms with Crippen molar-refractivity contribution in [1.29, 1.82) is 0 Å². The predicted molar refractivity (Wildman–Crippen MR) is 50.3 cm³/mol. The largest absolute Gasteiger partial charge is 0.0845 e. The minimum Gasteiger partial charge on any atom is -0.0845 e. The van der Waals surface area contributed by atoms with Gasteiger partial charge >= 0.3 is 0 Å². The fourth-order valence-corrected chi connectivity index (χ4v) is 1.25. The zero-order chi connectivity index (χ0) is 7.78. The summed E-state index contributed by atoms with van der Waals surface area (Å²) >= 11 is 0. The summed E-state index contributed by atoms with van der Waals surface area (Å²) in [5.41, 5.74) is 0. The Morgan fingerprint density at radius 2 is 1.18 bits per heavy atom. The van der Waals surface area contributed by atoms with Crippen LogP contribution in [0.15, 0.2) is 24.3 Å². The lowest BCUT2D eigenvalue weighted by atomic mass is 10.1. The van der Waals surface area contributed by atoms with Crippen LogP contribution in [-0.4, -0.2) is 0 Å². The van der Waals surface area contributed by atoms with Gasteiger partial charge in [-0.25, -0.2) is 0 Å².